The molecule has 0 aromatic rings. The number of nitroso groups, excluding NO2 is 1. The molecule has 0 saturated heterocycles. The van der Waals surface area contributed by atoms with E-state index in [4.69, 9.17) is 4.91 Å². The average Bonchev–Trinajstić information content (AvgIpc) is 2.01. The Bertz CT molecular complexity index is 255. The van der Waals surface area contributed by atoms with Gasteiger partial charge in [-0.1, -0.05) is 0 Å². The van der Waals surface area contributed by atoms with E-state index in [-0.39, 0.29) is 5.18 Å². The van der Waals surface area contributed by atoms with Gasteiger partial charge in [0.25, 0.3) is 0 Å². The van der Waals surface area contributed by atoms with Crippen LogP contribution in [0.25, 0.3) is 0 Å². The molecule has 0 N–H and O–H groups in total. The number of hydrogen-bond donors (Lipinski definition) is 0. The van der Waals surface area contributed by atoms with Gasteiger partial charge in [0.2, 0.25) is 0 Å². The minimum atomic E-state index is -7.06. The maximum absolute atomic E-state index is 12.0. The van der Waals surface area contributed by atoms with E-state index in [2.05, 4.69) is 0 Å². The molecule has 0 saturated carbocycles. The van der Waals surface area contributed by atoms with Crippen molar-refractivity contribution in [3.05, 3.63) is 4.91 Å². The lowest BCUT2D eigenvalue weighted by Crippen LogP contribution is -2.60. The second kappa shape index (κ2) is 3.23. The number of nitrogens with zero attached hydrogens (tertiary/aromatic N) is 1. The van der Waals surface area contributed by atoms with Gasteiger partial charge in [-0.15, -0.1) is 4.91 Å². The van der Waals surface area contributed by atoms with E-state index >= 15 is 0 Å². The standard InChI is InChI=1S/C4F9NO/c5-1(6,3(9,10)11)2(7,8)4(12,13)14-15. The van der Waals surface area contributed by atoms with Crippen molar-refractivity contribution in [3.63, 3.8) is 0 Å². The Labute approximate surface area is 75.0 Å². The molecule has 0 spiro atoms. The molecule has 15 heavy (non-hydrogen) atoms. The average molecular weight is 249 g/mol. The number of alkyl halides is 9. The van der Waals surface area contributed by atoms with Gasteiger partial charge in [0.1, 0.15) is 0 Å². The molecular formula is C4F9NO. The van der Waals surface area contributed by atoms with Crippen molar-refractivity contribution in [1.29, 1.82) is 0 Å². The molecule has 0 aromatic carbocycles. The van der Waals surface area contributed by atoms with Crippen LogP contribution in [0.5, 0.6) is 0 Å². The third kappa shape index (κ3) is 1.86. The first-order valence-corrected chi connectivity index (χ1v) is 2.86. The lowest BCUT2D eigenvalue weighted by Gasteiger charge is -2.29. The van der Waals surface area contributed by atoms with Crippen LogP contribution in [0.2, 0.25) is 0 Å². The van der Waals surface area contributed by atoms with Gasteiger partial charge in [0, 0.05) is 5.18 Å². The smallest absolute Gasteiger partial charge is 0.190 e. The normalized spacial score (nSPS) is 15.3. The van der Waals surface area contributed by atoms with Crippen molar-refractivity contribution in [2.24, 2.45) is 5.18 Å². The number of rotatable bonds is 3. The zero-order valence-corrected chi connectivity index (χ0v) is 6.26. The Kier molecular flexibility index (Phi) is 3.01. The largest absolute Gasteiger partial charge is 0.460 e. The van der Waals surface area contributed by atoms with Crippen molar-refractivity contribution >= 4 is 0 Å². The predicted octanol–water partition coefficient (Wildman–Crippen LogP) is 3.18. The number of hydrogen-bond acceptors (Lipinski definition) is 2. The molecule has 0 bridgehead atoms. The fraction of sp³-hybridized carbons (Fsp3) is 1.00. The fourth-order valence-electron chi connectivity index (χ4n) is 0.424. The zero-order chi connectivity index (χ0) is 12.7. The third-order valence-electron chi connectivity index (χ3n) is 1.24. The zero-order valence-electron chi connectivity index (χ0n) is 6.26. The maximum Gasteiger partial charge on any atom is 0.460 e. The Morgan fingerprint density at radius 1 is 0.667 bits per heavy atom. The van der Waals surface area contributed by atoms with Gasteiger partial charge in [0.05, 0.1) is 0 Å². The first kappa shape index (κ1) is 14.0. The van der Waals surface area contributed by atoms with Gasteiger partial charge in [-0.05, 0) is 0 Å². The summed E-state index contributed by atoms with van der Waals surface area (Å²) in [6.07, 6.45) is -6.93. The molecule has 0 heterocycles. The molecule has 2 nitrogen and oxygen atoms in total. The summed E-state index contributed by atoms with van der Waals surface area (Å²) in [7, 11) is 0. The van der Waals surface area contributed by atoms with Crippen molar-refractivity contribution in [3.8, 4) is 0 Å². The van der Waals surface area contributed by atoms with Gasteiger partial charge >= 0.3 is 24.1 Å². The molecule has 0 radical (unpaired) electrons. The Morgan fingerprint density at radius 2 is 1.00 bits per heavy atom. The highest BCUT2D eigenvalue weighted by Gasteiger charge is 2.83. The van der Waals surface area contributed by atoms with Crippen LogP contribution in [-0.4, -0.2) is 24.1 Å². The van der Waals surface area contributed by atoms with Crippen LogP contribution < -0.4 is 0 Å². The quantitative estimate of drug-likeness (QED) is 0.429. The van der Waals surface area contributed by atoms with Crippen molar-refractivity contribution in [2.75, 3.05) is 0 Å². The minimum Gasteiger partial charge on any atom is -0.190 e. The lowest BCUT2D eigenvalue weighted by atomic mass is 10.1. The van der Waals surface area contributed by atoms with Gasteiger partial charge in [-0.3, -0.25) is 0 Å². The molecular weight excluding hydrogens is 249 g/mol. The van der Waals surface area contributed by atoms with E-state index in [1.807, 2.05) is 0 Å². The fourth-order valence-corrected chi connectivity index (χ4v) is 0.424. The maximum atomic E-state index is 12.0. The summed E-state index contributed by atoms with van der Waals surface area (Å²) in [6, 6.07) is -6.36. The van der Waals surface area contributed by atoms with E-state index in [0.717, 1.165) is 0 Å². The SMILES string of the molecule is O=NC(F)(F)C(F)(F)C(F)(F)C(F)(F)F. The topological polar surface area (TPSA) is 29.4 Å². The summed E-state index contributed by atoms with van der Waals surface area (Å²) in [5.41, 5.74) is 0. The van der Waals surface area contributed by atoms with Crippen LogP contribution in [0.15, 0.2) is 5.18 Å². The van der Waals surface area contributed by atoms with Crippen LogP contribution >= 0.6 is 0 Å². The van der Waals surface area contributed by atoms with Gasteiger partial charge in [-0.2, -0.15) is 39.5 Å². The number of halogens is 9. The first-order valence-electron chi connectivity index (χ1n) is 2.86. The summed E-state index contributed by atoms with van der Waals surface area (Å²) in [6.45, 7) is 0. The Morgan fingerprint density at radius 3 is 1.20 bits per heavy atom. The van der Waals surface area contributed by atoms with Gasteiger partial charge in [0.15, 0.2) is 0 Å². The molecule has 11 heteroatoms. The van der Waals surface area contributed by atoms with E-state index in [9.17, 15) is 39.5 Å². The summed E-state index contributed by atoms with van der Waals surface area (Å²) in [5, 5.41) is 0.259. The highest BCUT2D eigenvalue weighted by atomic mass is 19.4. The predicted molar refractivity (Wildman–Crippen MR) is 26.7 cm³/mol. The van der Waals surface area contributed by atoms with Crippen LogP contribution in [-0.2, 0) is 0 Å². The van der Waals surface area contributed by atoms with Crippen LogP contribution in [0.1, 0.15) is 0 Å². The van der Waals surface area contributed by atoms with E-state index < -0.39 is 24.1 Å². The van der Waals surface area contributed by atoms with Crippen molar-refractivity contribution in [1.82, 2.24) is 0 Å². The Balaban J connectivity index is 5.47. The molecule has 0 unspecified atom stereocenters. The van der Waals surface area contributed by atoms with Crippen LogP contribution in [0.3, 0.4) is 0 Å². The summed E-state index contributed by atoms with van der Waals surface area (Å²) in [4.78, 5) is 9.07. The second-order valence-corrected chi connectivity index (χ2v) is 2.28. The second-order valence-electron chi connectivity index (χ2n) is 2.28. The highest BCUT2D eigenvalue weighted by Crippen LogP contribution is 2.53. The molecule has 0 aliphatic heterocycles. The molecule has 0 aliphatic rings. The molecule has 90 valence electrons. The highest BCUT2D eigenvalue weighted by molar-refractivity contribution is 4.98. The van der Waals surface area contributed by atoms with Gasteiger partial charge < -0.3 is 0 Å². The van der Waals surface area contributed by atoms with E-state index in [0.29, 0.717) is 0 Å². The molecule has 0 amide bonds. The minimum absolute atomic E-state index is 0.259. The van der Waals surface area contributed by atoms with E-state index in [1.54, 1.807) is 0 Å². The van der Waals surface area contributed by atoms with Crippen LogP contribution in [0, 0.1) is 4.91 Å². The third-order valence-corrected chi connectivity index (χ3v) is 1.24. The van der Waals surface area contributed by atoms with Crippen LogP contribution in [0.4, 0.5) is 39.5 Å². The lowest BCUT2D eigenvalue weighted by molar-refractivity contribution is -0.394. The van der Waals surface area contributed by atoms with Gasteiger partial charge in [-0.25, -0.2) is 0 Å². The monoisotopic (exact) mass is 249 g/mol. The summed E-state index contributed by atoms with van der Waals surface area (Å²) < 4.78 is 105. The molecule has 0 aromatic heterocycles. The summed E-state index contributed by atoms with van der Waals surface area (Å²) in [5.74, 6) is -14.0. The molecule has 0 atom stereocenters. The van der Waals surface area contributed by atoms with Crippen molar-refractivity contribution in [2.45, 2.75) is 24.1 Å². The van der Waals surface area contributed by atoms with Crippen molar-refractivity contribution < 1.29 is 39.5 Å². The Hall–Kier alpha value is -1.03. The summed E-state index contributed by atoms with van der Waals surface area (Å²) >= 11 is 0. The molecule has 0 rings (SSSR count). The van der Waals surface area contributed by atoms with E-state index in [1.165, 1.54) is 0 Å². The molecule has 0 aliphatic carbocycles. The first-order chi connectivity index (χ1) is 6.31. The molecule has 0 fully saturated rings.